The Kier molecular flexibility index (Phi) is 12.0. The number of ketones is 1. The molecule has 43 heavy (non-hydrogen) atoms. The normalized spacial score (nSPS) is 12.6. The first-order chi connectivity index (χ1) is 20.5. The first-order valence-electron chi connectivity index (χ1n) is 13.7. The number of ether oxygens (including phenoxy) is 3. The number of nitrogens with zero attached hydrogens (tertiary/aromatic N) is 2. The number of halogens is 1. The third-order valence-electron chi connectivity index (χ3n) is 6.88. The molecular formula is C31H38FN3O8. The zero-order chi connectivity index (χ0) is 31.6. The molecule has 0 aliphatic heterocycles. The van der Waals surface area contributed by atoms with Crippen molar-refractivity contribution in [2.45, 2.75) is 25.4 Å². The largest absolute Gasteiger partial charge is 0.494 e. The molecule has 2 aromatic carbocycles. The number of hydrogen-bond acceptors (Lipinski definition) is 10. The number of hydrogen-bond donors (Lipinski definition) is 4. The topological polar surface area (TPSA) is 165 Å². The summed E-state index contributed by atoms with van der Waals surface area (Å²) >= 11 is 0. The molecule has 1 unspecified atom stereocenters. The highest BCUT2D eigenvalue weighted by Gasteiger charge is 2.35. The van der Waals surface area contributed by atoms with Crippen LogP contribution in [0.2, 0.25) is 0 Å². The van der Waals surface area contributed by atoms with E-state index in [9.17, 15) is 24.2 Å². The Morgan fingerprint density at radius 1 is 1.05 bits per heavy atom. The van der Waals surface area contributed by atoms with Gasteiger partial charge in [-0.15, -0.1) is 0 Å². The molecule has 0 spiro atoms. The summed E-state index contributed by atoms with van der Waals surface area (Å²) in [5.74, 6) is -0.745. The number of carboxylic acid groups (broad SMARTS) is 1. The van der Waals surface area contributed by atoms with E-state index in [0.717, 1.165) is 0 Å². The summed E-state index contributed by atoms with van der Waals surface area (Å²) < 4.78 is 30.3. The second kappa shape index (κ2) is 15.4. The molecule has 0 saturated heterocycles. The fourth-order valence-electron chi connectivity index (χ4n) is 4.70. The Bertz CT molecular complexity index is 1420. The number of methoxy groups -OCH3 is 2. The van der Waals surface area contributed by atoms with E-state index in [0.29, 0.717) is 39.6 Å². The zero-order valence-electron chi connectivity index (χ0n) is 24.5. The van der Waals surface area contributed by atoms with Gasteiger partial charge in [-0.05, 0) is 67.4 Å². The molecule has 0 aliphatic carbocycles. The van der Waals surface area contributed by atoms with Crippen LogP contribution in [-0.4, -0.2) is 90.6 Å². The van der Waals surface area contributed by atoms with Crippen molar-refractivity contribution in [1.82, 2.24) is 9.88 Å². The van der Waals surface area contributed by atoms with Gasteiger partial charge in [-0.2, -0.15) is 0 Å². The number of aliphatic hydroxyl groups excluding tert-OH is 1. The van der Waals surface area contributed by atoms with E-state index in [-0.39, 0.29) is 69.5 Å². The van der Waals surface area contributed by atoms with Gasteiger partial charge in [0.15, 0.2) is 17.3 Å². The fourth-order valence-corrected chi connectivity index (χ4v) is 4.70. The van der Waals surface area contributed by atoms with Gasteiger partial charge >= 0.3 is 5.97 Å². The van der Waals surface area contributed by atoms with Crippen LogP contribution >= 0.6 is 0 Å². The SMILES string of the molecule is COc1cc(C(=O)CCC(O)(CN(CCN)CC(=O)O)c2ccc(OC)c(-c3ccc(F)c(C)c3)n2)ccc1OCCO. The molecule has 232 valence electrons. The third kappa shape index (κ3) is 8.71. The molecule has 0 radical (unpaired) electrons. The summed E-state index contributed by atoms with van der Waals surface area (Å²) in [5.41, 5.74) is 5.72. The number of rotatable bonds is 17. The lowest BCUT2D eigenvalue weighted by Gasteiger charge is -2.33. The average Bonchev–Trinajstić information content (AvgIpc) is 2.99. The first kappa shape index (κ1) is 33.4. The van der Waals surface area contributed by atoms with Crippen molar-refractivity contribution in [3.63, 3.8) is 0 Å². The van der Waals surface area contributed by atoms with Crippen molar-refractivity contribution >= 4 is 11.8 Å². The lowest BCUT2D eigenvalue weighted by atomic mass is 9.89. The molecule has 3 aromatic rings. The van der Waals surface area contributed by atoms with Crippen molar-refractivity contribution in [3.8, 4) is 28.5 Å². The number of Topliss-reactive ketones (excluding diaryl/α,β-unsaturated/α-hetero) is 1. The number of nitrogens with two attached hydrogens (primary N) is 1. The van der Waals surface area contributed by atoms with Gasteiger partial charge in [-0.25, -0.2) is 9.37 Å². The van der Waals surface area contributed by atoms with Crippen molar-refractivity contribution in [1.29, 1.82) is 0 Å². The van der Waals surface area contributed by atoms with Crippen LogP contribution in [0.5, 0.6) is 17.2 Å². The summed E-state index contributed by atoms with van der Waals surface area (Å²) in [7, 11) is 2.89. The summed E-state index contributed by atoms with van der Waals surface area (Å²) in [6.45, 7) is 1.24. The number of carboxylic acids is 1. The summed E-state index contributed by atoms with van der Waals surface area (Å²) in [6.07, 6.45) is -0.239. The van der Waals surface area contributed by atoms with Crippen LogP contribution < -0.4 is 19.9 Å². The van der Waals surface area contributed by atoms with E-state index in [1.54, 1.807) is 43.3 Å². The van der Waals surface area contributed by atoms with Crippen LogP contribution in [0.3, 0.4) is 0 Å². The number of carbonyl (C=O) groups excluding carboxylic acids is 1. The minimum absolute atomic E-state index is 0.0562. The van der Waals surface area contributed by atoms with Gasteiger partial charge in [-0.1, -0.05) is 0 Å². The maximum absolute atomic E-state index is 14.0. The molecule has 5 N–H and O–H groups in total. The predicted molar refractivity (Wildman–Crippen MR) is 157 cm³/mol. The Labute approximate surface area is 249 Å². The number of aliphatic hydroxyl groups is 2. The van der Waals surface area contributed by atoms with E-state index in [4.69, 9.17) is 30.0 Å². The van der Waals surface area contributed by atoms with Crippen LogP contribution in [-0.2, 0) is 10.4 Å². The Morgan fingerprint density at radius 3 is 2.40 bits per heavy atom. The highest BCUT2D eigenvalue weighted by molar-refractivity contribution is 5.96. The minimum atomic E-state index is -1.79. The van der Waals surface area contributed by atoms with Gasteiger partial charge in [0.1, 0.15) is 29.5 Å². The van der Waals surface area contributed by atoms with Crippen molar-refractivity contribution in [3.05, 3.63) is 71.2 Å². The molecule has 1 heterocycles. The number of aromatic nitrogens is 1. The van der Waals surface area contributed by atoms with Crippen LogP contribution in [0.25, 0.3) is 11.3 Å². The second-order valence-electron chi connectivity index (χ2n) is 10.00. The number of pyridine rings is 1. The molecular weight excluding hydrogens is 561 g/mol. The van der Waals surface area contributed by atoms with Gasteiger partial charge < -0.3 is 35.3 Å². The fraction of sp³-hybridized carbons (Fsp3) is 0.387. The smallest absolute Gasteiger partial charge is 0.317 e. The number of carbonyl (C=O) groups is 2. The number of aryl methyl sites for hydroxylation is 1. The number of benzene rings is 2. The Balaban J connectivity index is 2.00. The molecule has 1 atom stereocenters. The highest BCUT2D eigenvalue weighted by atomic mass is 19.1. The van der Waals surface area contributed by atoms with E-state index in [1.165, 1.54) is 31.3 Å². The molecule has 0 amide bonds. The molecule has 0 bridgehead atoms. The van der Waals surface area contributed by atoms with E-state index in [2.05, 4.69) is 0 Å². The van der Waals surface area contributed by atoms with Crippen molar-refractivity contribution in [2.24, 2.45) is 5.73 Å². The molecule has 0 saturated carbocycles. The summed E-state index contributed by atoms with van der Waals surface area (Å²) in [4.78, 5) is 31.1. The molecule has 0 fully saturated rings. The molecule has 3 rings (SSSR count). The Morgan fingerprint density at radius 2 is 1.77 bits per heavy atom. The van der Waals surface area contributed by atoms with E-state index in [1.807, 2.05) is 0 Å². The van der Waals surface area contributed by atoms with Gasteiger partial charge in [0, 0.05) is 37.2 Å². The maximum Gasteiger partial charge on any atom is 0.317 e. The van der Waals surface area contributed by atoms with Crippen LogP contribution in [0.4, 0.5) is 4.39 Å². The molecule has 0 aliphatic rings. The second-order valence-corrected chi connectivity index (χ2v) is 10.00. The molecule has 1 aromatic heterocycles. The van der Waals surface area contributed by atoms with Crippen molar-refractivity contribution < 1.29 is 43.5 Å². The molecule has 11 nitrogen and oxygen atoms in total. The van der Waals surface area contributed by atoms with Gasteiger partial charge in [-0.3, -0.25) is 14.5 Å². The van der Waals surface area contributed by atoms with Gasteiger partial charge in [0.05, 0.1) is 33.1 Å². The lowest BCUT2D eigenvalue weighted by Crippen LogP contribution is -2.45. The quantitative estimate of drug-likeness (QED) is 0.169. The third-order valence-corrected chi connectivity index (χ3v) is 6.88. The van der Waals surface area contributed by atoms with Gasteiger partial charge in [0.25, 0.3) is 0 Å². The minimum Gasteiger partial charge on any atom is -0.494 e. The van der Waals surface area contributed by atoms with E-state index < -0.39 is 11.6 Å². The standard InChI is InChI=1S/C31H38FN3O8/c1-20-16-22(4-6-23(20)32)30-26(41-2)8-9-28(34-30)31(40,19-35(13-12-33)18-29(38)39)11-10-24(37)21-5-7-25(43-15-14-36)27(17-21)42-3/h4-9,16-17,36,40H,10-15,18-19,33H2,1-3H3,(H,38,39). The maximum atomic E-state index is 14.0. The number of aliphatic carboxylic acids is 1. The van der Waals surface area contributed by atoms with Crippen LogP contribution in [0, 0.1) is 12.7 Å². The van der Waals surface area contributed by atoms with Crippen molar-refractivity contribution in [2.75, 3.05) is 53.6 Å². The predicted octanol–water partition coefficient (Wildman–Crippen LogP) is 2.78. The monoisotopic (exact) mass is 599 g/mol. The average molecular weight is 600 g/mol. The van der Waals surface area contributed by atoms with Crippen LogP contribution in [0.1, 0.15) is 34.5 Å². The van der Waals surface area contributed by atoms with Gasteiger partial charge in [0.2, 0.25) is 0 Å². The zero-order valence-corrected chi connectivity index (χ0v) is 24.5. The highest BCUT2D eigenvalue weighted by Crippen LogP contribution is 2.35. The molecule has 12 heteroatoms. The Hall–Kier alpha value is -4.10. The van der Waals surface area contributed by atoms with Crippen LogP contribution in [0.15, 0.2) is 48.5 Å². The first-order valence-corrected chi connectivity index (χ1v) is 13.7. The van der Waals surface area contributed by atoms with E-state index >= 15 is 0 Å². The summed E-state index contributed by atoms with van der Waals surface area (Å²) in [5, 5.41) is 30.6. The lowest BCUT2D eigenvalue weighted by molar-refractivity contribution is -0.139. The summed E-state index contributed by atoms with van der Waals surface area (Å²) in [6, 6.07) is 12.3.